The number of rotatable bonds is 6. The molecule has 0 radical (unpaired) electrons. The van der Waals surface area contributed by atoms with E-state index in [9.17, 15) is 14.7 Å². The van der Waals surface area contributed by atoms with Crippen molar-refractivity contribution in [1.82, 2.24) is 5.43 Å². The number of esters is 1. The van der Waals surface area contributed by atoms with Crippen LogP contribution in [-0.4, -0.2) is 36.9 Å². The molecule has 7 nitrogen and oxygen atoms in total. The average Bonchev–Trinajstić information content (AvgIpc) is 2.61. The molecular formula is C17H16N2O5. The van der Waals surface area contributed by atoms with Gasteiger partial charge >= 0.3 is 5.97 Å². The maximum atomic E-state index is 11.8. The van der Waals surface area contributed by atoms with Crippen molar-refractivity contribution < 1.29 is 24.2 Å². The minimum atomic E-state index is -0.512. The maximum absolute atomic E-state index is 11.8. The zero-order chi connectivity index (χ0) is 17.4. The molecule has 0 atom stereocenters. The Morgan fingerprint density at radius 3 is 2.54 bits per heavy atom. The van der Waals surface area contributed by atoms with Crippen molar-refractivity contribution in [3.63, 3.8) is 0 Å². The topological polar surface area (TPSA) is 97.2 Å². The lowest BCUT2D eigenvalue weighted by molar-refractivity contribution is -0.142. The zero-order valence-electron chi connectivity index (χ0n) is 12.9. The van der Waals surface area contributed by atoms with Crippen LogP contribution in [0.15, 0.2) is 53.6 Å². The molecule has 24 heavy (non-hydrogen) atoms. The number of hydrogen-bond acceptors (Lipinski definition) is 6. The lowest BCUT2D eigenvalue weighted by atomic mass is 10.2. The van der Waals surface area contributed by atoms with E-state index >= 15 is 0 Å². The molecular weight excluding hydrogens is 312 g/mol. The fourth-order valence-electron chi connectivity index (χ4n) is 1.74. The van der Waals surface area contributed by atoms with E-state index in [4.69, 9.17) is 4.74 Å². The van der Waals surface area contributed by atoms with Gasteiger partial charge in [0.15, 0.2) is 6.61 Å². The van der Waals surface area contributed by atoms with Gasteiger partial charge in [0.1, 0.15) is 11.5 Å². The highest BCUT2D eigenvalue weighted by atomic mass is 16.6. The van der Waals surface area contributed by atoms with Gasteiger partial charge in [0.25, 0.3) is 5.91 Å². The summed E-state index contributed by atoms with van der Waals surface area (Å²) < 4.78 is 9.68. The van der Waals surface area contributed by atoms with Crippen LogP contribution in [0.2, 0.25) is 0 Å². The van der Waals surface area contributed by atoms with E-state index in [2.05, 4.69) is 15.3 Å². The summed E-state index contributed by atoms with van der Waals surface area (Å²) in [5.41, 5.74) is 3.19. The maximum Gasteiger partial charge on any atom is 0.343 e. The van der Waals surface area contributed by atoms with Gasteiger partial charge in [0.2, 0.25) is 0 Å². The molecule has 0 heterocycles. The highest BCUT2D eigenvalue weighted by Gasteiger charge is 2.08. The van der Waals surface area contributed by atoms with Gasteiger partial charge in [-0.15, -0.1) is 0 Å². The second-order valence-corrected chi connectivity index (χ2v) is 4.65. The van der Waals surface area contributed by atoms with Crippen LogP contribution >= 0.6 is 0 Å². The Kier molecular flexibility index (Phi) is 5.90. The number of phenols is 1. The highest BCUT2D eigenvalue weighted by Crippen LogP contribution is 2.15. The van der Waals surface area contributed by atoms with Crippen LogP contribution in [0.1, 0.15) is 15.9 Å². The molecule has 0 saturated heterocycles. The van der Waals surface area contributed by atoms with Gasteiger partial charge in [-0.1, -0.05) is 12.1 Å². The average molecular weight is 328 g/mol. The summed E-state index contributed by atoms with van der Waals surface area (Å²) in [6.07, 6.45) is 1.45. The van der Waals surface area contributed by atoms with Crippen LogP contribution in [0.5, 0.6) is 11.5 Å². The first-order chi connectivity index (χ1) is 11.6. The van der Waals surface area contributed by atoms with Crippen molar-refractivity contribution in [2.75, 3.05) is 13.7 Å². The Morgan fingerprint density at radius 2 is 1.88 bits per heavy atom. The first-order valence-corrected chi connectivity index (χ1v) is 7.01. The van der Waals surface area contributed by atoms with Gasteiger partial charge in [0.05, 0.1) is 18.9 Å². The van der Waals surface area contributed by atoms with E-state index in [1.54, 1.807) is 36.4 Å². The number of nitrogens with zero attached hydrogens (tertiary/aromatic N) is 1. The van der Waals surface area contributed by atoms with Crippen LogP contribution in [-0.2, 0) is 9.53 Å². The predicted molar refractivity (Wildman–Crippen MR) is 87.1 cm³/mol. The molecule has 2 aromatic carbocycles. The molecule has 0 saturated carbocycles. The van der Waals surface area contributed by atoms with Crippen molar-refractivity contribution in [2.45, 2.75) is 0 Å². The molecule has 0 aliphatic heterocycles. The molecule has 0 unspecified atom stereocenters. The number of aromatic hydroxyl groups is 1. The van der Waals surface area contributed by atoms with Gasteiger partial charge in [-0.05, 0) is 42.0 Å². The smallest absolute Gasteiger partial charge is 0.343 e. The number of hydrazone groups is 1. The summed E-state index contributed by atoms with van der Waals surface area (Å²) in [6.45, 7) is -0.166. The zero-order valence-corrected chi connectivity index (χ0v) is 12.9. The van der Waals surface area contributed by atoms with E-state index in [-0.39, 0.29) is 17.9 Å². The number of para-hydroxylation sites is 1. The highest BCUT2D eigenvalue weighted by molar-refractivity contribution is 5.97. The van der Waals surface area contributed by atoms with E-state index < -0.39 is 11.9 Å². The Hall–Kier alpha value is -3.35. The first-order valence-electron chi connectivity index (χ1n) is 7.01. The molecule has 7 heteroatoms. The quantitative estimate of drug-likeness (QED) is 0.478. The minimum Gasteiger partial charge on any atom is -0.507 e. The predicted octanol–water partition coefficient (Wildman–Crippen LogP) is 1.71. The lowest BCUT2D eigenvalue weighted by Gasteiger charge is -2.04. The van der Waals surface area contributed by atoms with Gasteiger partial charge in [-0.25, -0.2) is 10.2 Å². The van der Waals surface area contributed by atoms with Crippen molar-refractivity contribution >= 4 is 18.1 Å². The van der Waals surface area contributed by atoms with E-state index in [0.29, 0.717) is 5.75 Å². The van der Waals surface area contributed by atoms with Gasteiger partial charge < -0.3 is 14.6 Å². The first kappa shape index (κ1) is 17.0. The van der Waals surface area contributed by atoms with Crippen LogP contribution in [0, 0.1) is 0 Å². The van der Waals surface area contributed by atoms with E-state index in [1.807, 2.05) is 0 Å². The number of ether oxygens (including phenoxy) is 2. The number of amides is 1. The standard InChI is InChI=1S/C17H16N2O5/c1-23-16(21)11-24-13-8-6-12(7-9-13)10-18-19-17(22)14-4-2-3-5-15(14)20/h2-10,20H,11H2,1H3,(H,19,22)/b18-10-. The molecule has 0 bridgehead atoms. The van der Waals surface area contributed by atoms with Crippen LogP contribution in [0.4, 0.5) is 0 Å². The van der Waals surface area contributed by atoms with Crippen molar-refractivity contribution in [3.8, 4) is 11.5 Å². The summed E-state index contributed by atoms with van der Waals surface area (Å²) >= 11 is 0. The Bertz CT molecular complexity index is 741. The number of carbonyl (C=O) groups excluding carboxylic acids is 2. The summed E-state index contributed by atoms with van der Waals surface area (Å²) in [4.78, 5) is 22.8. The molecule has 0 spiro atoms. The second-order valence-electron chi connectivity index (χ2n) is 4.65. The molecule has 2 aromatic rings. The molecule has 124 valence electrons. The lowest BCUT2D eigenvalue weighted by Crippen LogP contribution is -2.17. The largest absolute Gasteiger partial charge is 0.507 e. The number of nitrogens with one attached hydrogen (secondary N) is 1. The number of benzene rings is 2. The molecule has 2 rings (SSSR count). The number of hydrogen-bond donors (Lipinski definition) is 2. The second kappa shape index (κ2) is 8.33. The molecule has 0 aliphatic rings. The van der Waals surface area contributed by atoms with Crippen LogP contribution in [0.25, 0.3) is 0 Å². The third kappa shape index (κ3) is 4.84. The van der Waals surface area contributed by atoms with Gasteiger partial charge in [-0.2, -0.15) is 5.10 Å². The normalized spacial score (nSPS) is 10.4. The fraction of sp³-hybridized carbons (Fsp3) is 0.118. The Morgan fingerprint density at radius 1 is 1.17 bits per heavy atom. The third-order valence-electron chi connectivity index (χ3n) is 2.99. The molecule has 0 aromatic heterocycles. The fourth-order valence-corrected chi connectivity index (χ4v) is 1.74. The van der Waals surface area contributed by atoms with Crippen LogP contribution < -0.4 is 10.2 Å². The SMILES string of the molecule is COC(=O)COc1ccc(/C=N\NC(=O)c2ccccc2O)cc1. The Labute approximate surface area is 138 Å². The monoisotopic (exact) mass is 328 g/mol. The Balaban J connectivity index is 1.89. The molecule has 0 aliphatic carbocycles. The number of methoxy groups -OCH3 is 1. The number of carbonyl (C=O) groups is 2. The third-order valence-corrected chi connectivity index (χ3v) is 2.99. The minimum absolute atomic E-state index is 0.114. The molecule has 0 fully saturated rings. The van der Waals surface area contributed by atoms with Crippen molar-refractivity contribution in [2.24, 2.45) is 5.10 Å². The molecule has 2 N–H and O–H groups in total. The van der Waals surface area contributed by atoms with Crippen LogP contribution in [0.3, 0.4) is 0 Å². The summed E-state index contributed by atoms with van der Waals surface area (Å²) in [6, 6.07) is 12.9. The summed E-state index contributed by atoms with van der Waals surface area (Å²) in [5.74, 6) is -0.581. The van der Waals surface area contributed by atoms with Crippen molar-refractivity contribution in [1.29, 1.82) is 0 Å². The summed E-state index contributed by atoms with van der Waals surface area (Å²) in [5, 5.41) is 13.4. The number of phenolic OH excluding ortho intramolecular Hbond substituents is 1. The van der Waals surface area contributed by atoms with Gasteiger partial charge in [-0.3, -0.25) is 4.79 Å². The van der Waals surface area contributed by atoms with Crippen molar-refractivity contribution in [3.05, 3.63) is 59.7 Å². The van der Waals surface area contributed by atoms with E-state index in [0.717, 1.165) is 5.56 Å². The van der Waals surface area contributed by atoms with Gasteiger partial charge in [0, 0.05) is 0 Å². The van der Waals surface area contributed by atoms with E-state index in [1.165, 1.54) is 25.5 Å². The molecule has 1 amide bonds. The summed E-state index contributed by atoms with van der Waals surface area (Å²) in [7, 11) is 1.29.